The van der Waals surface area contributed by atoms with Gasteiger partial charge in [0.1, 0.15) is 18.8 Å². The summed E-state index contributed by atoms with van der Waals surface area (Å²) in [7, 11) is 0. The van der Waals surface area contributed by atoms with E-state index in [0.29, 0.717) is 31.1 Å². The van der Waals surface area contributed by atoms with Crippen LogP contribution >= 0.6 is 0 Å². The summed E-state index contributed by atoms with van der Waals surface area (Å²) in [5.41, 5.74) is 0.626. The van der Waals surface area contributed by atoms with Crippen LogP contribution in [0.5, 0.6) is 0 Å². The fourth-order valence-corrected chi connectivity index (χ4v) is 14.4. The van der Waals surface area contributed by atoms with Gasteiger partial charge in [-0.2, -0.15) is 0 Å². The molecule has 9 nitrogen and oxygen atoms in total. The lowest BCUT2D eigenvalue weighted by Crippen LogP contribution is -2.65. The van der Waals surface area contributed by atoms with Gasteiger partial charge >= 0.3 is 17.9 Å². The number of hydrogen-bond acceptors (Lipinski definition) is 9. The van der Waals surface area contributed by atoms with Crippen LogP contribution in [0, 0.1) is 50.2 Å². The van der Waals surface area contributed by atoms with Crippen molar-refractivity contribution in [1.29, 1.82) is 0 Å². The third-order valence-electron chi connectivity index (χ3n) is 18.4. The maximum absolute atomic E-state index is 14.4. The van der Waals surface area contributed by atoms with Gasteiger partial charge in [-0.05, 0) is 110 Å². The van der Waals surface area contributed by atoms with Gasteiger partial charge in [-0.1, -0.05) is 144 Å². The molecule has 0 amide bonds. The molecule has 1 aliphatic heterocycles. The number of esters is 3. The quantitative estimate of drug-likeness (QED) is 0.0501. The number of aliphatic hydroxyl groups is 3. The lowest BCUT2D eigenvalue weighted by molar-refractivity contribution is -0.214. The lowest BCUT2D eigenvalue weighted by atomic mass is 9.33. The molecule has 346 valence electrons. The number of ether oxygens (including phenoxy) is 3. The first-order valence-corrected chi connectivity index (χ1v) is 24.9. The number of carbonyl (C=O) groups excluding carboxylic acids is 3. The molecule has 5 aliphatic carbocycles. The molecule has 9 heteroatoms. The molecule has 4 fully saturated rings. The molecule has 0 bridgehead atoms. The largest absolute Gasteiger partial charge is 0.505 e. The van der Waals surface area contributed by atoms with E-state index in [9.17, 15) is 29.7 Å². The van der Waals surface area contributed by atoms with E-state index in [1.165, 1.54) is 76.2 Å². The van der Waals surface area contributed by atoms with Crippen molar-refractivity contribution in [3.05, 3.63) is 23.2 Å². The van der Waals surface area contributed by atoms with E-state index in [1.807, 2.05) is 0 Å². The Balaban J connectivity index is 1.06. The van der Waals surface area contributed by atoms with Gasteiger partial charge in [0.2, 0.25) is 5.76 Å². The SMILES string of the molecule is CCCCCCCCCCCCCCCC(=O)O[C@H]1CC[C@@]2(C)C(CC[C@]3(C)C2CC=C2[C@@H]4CC(C)(C)CC[C@]4(C(=O)OC[C@H](O)C4OC(=O)C(O)=C4O)CC[C@]23C)C1(C)C. The summed E-state index contributed by atoms with van der Waals surface area (Å²) >= 11 is 0. The van der Waals surface area contributed by atoms with Crippen LogP contribution < -0.4 is 0 Å². The number of aliphatic hydroxyl groups excluding tert-OH is 3. The predicted octanol–water partition coefficient (Wildman–Crippen LogP) is 12.3. The molecule has 6 rings (SSSR count). The molecule has 0 saturated heterocycles. The molecule has 3 unspecified atom stereocenters. The first-order chi connectivity index (χ1) is 28.8. The van der Waals surface area contributed by atoms with Crippen LogP contribution in [0.2, 0.25) is 0 Å². The minimum absolute atomic E-state index is 0.00564. The van der Waals surface area contributed by atoms with Crippen molar-refractivity contribution in [2.24, 2.45) is 50.2 Å². The molecule has 4 saturated carbocycles. The summed E-state index contributed by atoms with van der Waals surface area (Å²) in [5, 5.41) is 30.7. The van der Waals surface area contributed by atoms with Crippen molar-refractivity contribution < 1.29 is 43.9 Å². The van der Waals surface area contributed by atoms with Gasteiger partial charge in [-0.25, -0.2) is 4.79 Å². The summed E-state index contributed by atoms with van der Waals surface area (Å²) in [4.78, 5) is 39.5. The van der Waals surface area contributed by atoms with Crippen molar-refractivity contribution in [3.63, 3.8) is 0 Å². The van der Waals surface area contributed by atoms with Crippen LogP contribution in [0.15, 0.2) is 23.2 Å². The second kappa shape index (κ2) is 18.9. The maximum Gasteiger partial charge on any atom is 0.377 e. The molecular formula is C52H84O9. The molecule has 3 N–H and O–H groups in total. The summed E-state index contributed by atoms with van der Waals surface area (Å²) in [6.07, 6.45) is 25.9. The van der Waals surface area contributed by atoms with Crippen LogP contribution in [0.1, 0.15) is 209 Å². The highest BCUT2D eigenvalue weighted by Crippen LogP contribution is 2.76. The van der Waals surface area contributed by atoms with E-state index < -0.39 is 41.7 Å². The van der Waals surface area contributed by atoms with Crippen LogP contribution in [-0.2, 0) is 28.6 Å². The number of allylic oxidation sites excluding steroid dienone is 2. The fraction of sp³-hybridized carbons (Fsp3) is 0.865. The first kappa shape index (κ1) is 47.9. The van der Waals surface area contributed by atoms with Gasteiger partial charge in [0.25, 0.3) is 0 Å². The average Bonchev–Trinajstić information content (AvgIpc) is 3.46. The Hall–Kier alpha value is -2.55. The predicted molar refractivity (Wildman–Crippen MR) is 238 cm³/mol. The number of rotatable bonds is 19. The van der Waals surface area contributed by atoms with E-state index in [-0.39, 0.29) is 51.0 Å². The molecule has 0 spiro atoms. The Morgan fingerprint density at radius 2 is 1.39 bits per heavy atom. The minimum Gasteiger partial charge on any atom is -0.505 e. The van der Waals surface area contributed by atoms with Crippen molar-refractivity contribution in [1.82, 2.24) is 0 Å². The summed E-state index contributed by atoms with van der Waals surface area (Å²) < 4.78 is 17.2. The summed E-state index contributed by atoms with van der Waals surface area (Å²) in [6, 6.07) is 0. The van der Waals surface area contributed by atoms with Gasteiger partial charge in [0, 0.05) is 11.8 Å². The van der Waals surface area contributed by atoms with Gasteiger partial charge in [0.15, 0.2) is 11.9 Å². The molecule has 0 aromatic carbocycles. The normalized spacial score (nSPS) is 36.7. The van der Waals surface area contributed by atoms with Crippen molar-refractivity contribution >= 4 is 17.9 Å². The van der Waals surface area contributed by atoms with Crippen molar-refractivity contribution in [2.75, 3.05) is 6.61 Å². The Labute approximate surface area is 368 Å². The van der Waals surface area contributed by atoms with Crippen molar-refractivity contribution in [2.45, 2.75) is 228 Å². The van der Waals surface area contributed by atoms with Crippen LogP contribution in [-0.4, -0.2) is 58.1 Å². The molecular weight excluding hydrogens is 769 g/mol. The molecule has 1 heterocycles. The molecule has 0 radical (unpaired) electrons. The minimum atomic E-state index is -1.50. The van der Waals surface area contributed by atoms with Crippen molar-refractivity contribution in [3.8, 4) is 0 Å². The third-order valence-corrected chi connectivity index (χ3v) is 18.4. The molecule has 0 aromatic rings. The molecule has 0 aromatic heterocycles. The van der Waals surface area contributed by atoms with E-state index in [2.05, 4.69) is 61.5 Å². The lowest BCUT2D eigenvalue weighted by Gasteiger charge is -2.71. The highest BCUT2D eigenvalue weighted by molar-refractivity contribution is 5.89. The highest BCUT2D eigenvalue weighted by atomic mass is 16.6. The Morgan fingerprint density at radius 1 is 0.787 bits per heavy atom. The standard InChI is InChI=1S/C52H84O9/c1-9-10-11-12-13-14-15-16-17-18-19-20-21-22-41(54)60-40-26-27-49(6)38(48(40,4)5)25-28-51(8)39(49)24-23-35-36-33-47(2,3)29-31-52(36,32-30-50(35,51)7)46(58)59-34-37(53)44-42(55)43(56)45(57)61-44/h23,36-40,44,53,55-56H,9-22,24-34H2,1-8H3/t36-,37-,38?,39?,40-,44?,49-,50+,51+,52-/m0/s1. The Kier molecular flexibility index (Phi) is 14.8. The average molecular weight is 853 g/mol. The van der Waals surface area contributed by atoms with E-state index in [4.69, 9.17) is 14.2 Å². The smallest absolute Gasteiger partial charge is 0.377 e. The van der Waals surface area contributed by atoms with Crippen LogP contribution in [0.3, 0.4) is 0 Å². The molecule has 6 aliphatic rings. The zero-order valence-corrected chi connectivity index (χ0v) is 39.5. The second-order valence-corrected chi connectivity index (χ2v) is 22.9. The van der Waals surface area contributed by atoms with E-state index in [1.54, 1.807) is 0 Å². The highest BCUT2D eigenvalue weighted by Gasteiger charge is 2.69. The fourth-order valence-electron chi connectivity index (χ4n) is 14.4. The molecule has 10 atom stereocenters. The zero-order valence-electron chi connectivity index (χ0n) is 39.5. The van der Waals surface area contributed by atoms with Gasteiger partial charge in [-0.15, -0.1) is 0 Å². The topological polar surface area (TPSA) is 140 Å². The number of hydrogen-bond donors (Lipinski definition) is 3. The second-order valence-electron chi connectivity index (χ2n) is 22.9. The molecule has 61 heavy (non-hydrogen) atoms. The summed E-state index contributed by atoms with van der Waals surface area (Å²) in [6.45, 7) is 18.7. The van der Waals surface area contributed by atoms with Gasteiger partial charge in [-0.3, -0.25) is 9.59 Å². The maximum atomic E-state index is 14.4. The summed E-state index contributed by atoms with van der Waals surface area (Å²) in [5.74, 6) is -2.22. The zero-order chi connectivity index (χ0) is 44.4. The third kappa shape index (κ3) is 9.22. The van der Waals surface area contributed by atoms with Gasteiger partial charge < -0.3 is 29.5 Å². The van der Waals surface area contributed by atoms with Gasteiger partial charge in [0.05, 0.1) is 5.41 Å². The Morgan fingerprint density at radius 3 is 2.00 bits per heavy atom. The van der Waals surface area contributed by atoms with E-state index >= 15 is 0 Å². The first-order valence-electron chi connectivity index (χ1n) is 24.9. The van der Waals surface area contributed by atoms with Crippen LogP contribution in [0.4, 0.5) is 0 Å². The van der Waals surface area contributed by atoms with Crippen LogP contribution in [0.25, 0.3) is 0 Å². The number of fused-ring (bicyclic) bond motifs is 7. The number of carbonyl (C=O) groups is 3. The monoisotopic (exact) mass is 853 g/mol. The number of cyclic esters (lactones) is 1. The number of unbranched alkanes of at least 4 members (excludes halogenated alkanes) is 12. The van der Waals surface area contributed by atoms with E-state index in [0.717, 1.165) is 64.2 Å². The Bertz CT molecular complexity index is 1640.